The summed E-state index contributed by atoms with van der Waals surface area (Å²) in [6.07, 6.45) is 1.89. The van der Waals surface area contributed by atoms with Gasteiger partial charge in [0.1, 0.15) is 11.6 Å². The first kappa shape index (κ1) is 44.1. The predicted octanol–water partition coefficient (Wildman–Crippen LogP) is 15.8. The normalized spacial score (nSPS) is 11.4. The summed E-state index contributed by atoms with van der Waals surface area (Å²) in [7, 11) is 0. The zero-order chi connectivity index (χ0) is 44.8. The van der Waals surface area contributed by atoms with Gasteiger partial charge in [0.2, 0.25) is 0 Å². The molecule has 0 amide bonds. The molecule has 4 nitrogen and oxygen atoms in total. The number of aromatic nitrogens is 3. The molecule has 0 fully saturated rings. The van der Waals surface area contributed by atoms with E-state index >= 15 is 0 Å². The molecule has 0 aliphatic rings. The van der Waals surface area contributed by atoms with E-state index in [1.54, 1.807) is 0 Å². The smallest absolute Gasteiger partial charge is 0.148 e. The third-order valence-corrected chi connectivity index (χ3v) is 12.4. The van der Waals surface area contributed by atoms with Crippen molar-refractivity contribution in [2.45, 2.75) is 47.0 Å². The number of fused-ring (bicyclic) bond motifs is 1. The number of aryl methyl sites for hydroxylation is 3. The van der Waals surface area contributed by atoms with Crippen molar-refractivity contribution in [2.24, 2.45) is 0 Å². The molecule has 66 heavy (non-hydrogen) atoms. The van der Waals surface area contributed by atoms with Gasteiger partial charge in [0.25, 0.3) is 0 Å². The summed E-state index contributed by atoms with van der Waals surface area (Å²) in [6.45, 7) is 13.0. The van der Waals surface area contributed by atoms with Gasteiger partial charge in [-0.1, -0.05) is 183 Å². The Balaban J connectivity index is 0.00000548. The third kappa shape index (κ3) is 8.46. The maximum absolute atomic E-state index is 12.0. The molecule has 5 heteroatoms. The summed E-state index contributed by atoms with van der Waals surface area (Å²) in [4.78, 5) is 10.5. The fourth-order valence-electron chi connectivity index (χ4n) is 9.12. The second-order valence-corrected chi connectivity index (χ2v) is 18.2. The van der Waals surface area contributed by atoms with E-state index in [0.29, 0.717) is 11.4 Å². The molecule has 2 heterocycles. The molecule has 0 aliphatic carbocycles. The van der Waals surface area contributed by atoms with Gasteiger partial charge >= 0.3 is 0 Å². The SMILES string of the molecule is Cc1ccc(-c2ccnc(-c3[c-]c(-c4cccc5c4nc(-c4cc(C)cc(C)c4O)n5-c4cc(-c5ccccc5)c(C(C)(C)C)cc4-c4ccccc4)cc(-c4ccccc4)c3)c2)cc1.[Pt]. The zero-order valence-corrected chi connectivity index (χ0v) is 40.3. The van der Waals surface area contributed by atoms with Crippen LogP contribution in [0.4, 0.5) is 0 Å². The van der Waals surface area contributed by atoms with Crippen LogP contribution in [0, 0.1) is 26.8 Å². The minimum atomic E-state index is -0.169. The predicted molar refractivity (Wildman–Crippen MR) is 270 cm³/mol. The Kier molecular flexibility index (Phi) is 12.0. The molecule has 326 valence electrons. The van der Waals surface area contributed by atoms with Crippen LogP contribution < -0.4 is 0 Å². The van der Waals surface area contributed by atoms with Gasteiger partial charge < -0.3 is 5.11 Å². The Labute approximate surface area is 402 Å². The minimum absolute atomic E-state index is 0. The van der Waals surface area contributed by atoms with E-state index in [1.165, 1.54) is 11.1 Å². The topological polar surface area (TPSA) is 50.9 Å². The number of aromatic hydroxyl groups is 1. The number of imidazole rings is 1. The van der Waals surface area contributed by atoms with Crippen molar-refractivity contribution >= 4 is 11.0 Å². The van der Waals surface area contributed by atoms with E-state index in [9.17, 15) is 5.11 Å². The second kappa shape index (κ2) is 18.0. The maximum Gasteiger partial charge on any atom is 0.148 e. The van der Waals surface area contributed by atoms with Crippen LogP contribution in [-0.4, -0.2) is 19.6 Å². The molecule has 0 bridgehead atoms. The average molecular weight is 1040 g/mol. The third-order valence-electron chi connectivity index (χ3n) is 12.4. The quantitative estimate of drug-likeness (QED) is 0.154. The molecule has 2 aromatic heterocycles. The monoisotopic (exact) mass is 1040 g/mol. The van der Waals surface area contributed by atoms with Crippen molar-refractivity contribution in [1.82, 2.24) is 14.5 Å². The first-order valence-electron chi connectivity index (χ1n) is 22.3. The maximum atomic E-state index is 12.0. The number of hydrogen-bond donors (Lipinski definition) is 1. The Morgan fingerprint density at radius 3 is 1.79 bits per heavy atom. The molecular formula is C61H50N3OPt-. The molecule has 0 aliphatic heterocycles. The van der Waals surface area contributed by atoms with Gasteiger partial charge in [0, 0.05) is 38.5 Å². The summed E-state index contributed by atoms with van der Waals surface area (Å²) in [5, 5.41) is 12.0. The van der Waals surface area contributed by atoms with Crippen LogP contribution in [-0.2, 0) is 26.5 Å². The van der Waals surface area contributed by atoms with Crippen molar-refractivity contribution < 1.29 is 26.2 Å². The van der Waals surface area contributed by atoms with E-state index < -0.39 is 0 Å². The Hall–Kier alpha value is -7.13. The minimum Gasteiger partial charge on any atom is -0.507 e. The van der Waals surface area contributed by atoms with Crippen LogP contribution >= 0.6 is 0 Å². The molecule has 0 unspecified atom stereocenters. The summed E-state index contributed by atoms with van der Waals surface area (Å²) < 4.78 is 2.27. The van der Waals surface area contributed by atoms with Crippen LogP contribution in [0.25, 0.3) is 95.0 Å². The first-order valence-corrected chi connectivity index (χ1v) is 22.3. The van der Waals surface area contributed by atoms with Gasteiger partial charge in [-0.25, -0.2) is 4.98 Å². The summed E-state index contributed by atoms with van der Waals surface area (Å²) in [6, 6.07) is 68.0. The number of pyridine rings is 1. The van der Waals surface area contributed by atoms with Crippen molar-refractivity contribution in [3.63, 3.8) is 0 Å². The van der Waals surface area contributed by atoms with Crippen molar-refractivity contribution in [3.05, 3.63) is 217 Å². The first-order chi connectivity index (χ1) is 31.5. The number of benzene rings is 8. The zero-order valence-electron chi connectivity index (χ0n) is 38.0. The Bertz CT molecular complexity index is 3370. The molecule has 8 aromatic carbocycles. The molecular weight excluding hydrogens is 986 g/mol. The summed E-state index contributed by atoms with van der Waals surface area (Å²) >= 11 is 0. The standard InChI is InChI=1S/C61H50N3O.Pt/c1-39-25-27-43(28-26-39)46-29-30-62-55(36-46)49-34-47(42-17-10-7-11-18-42)33-48(35-49)50-23-16-24-56-58(50)63-60(53-32-40(2)31-41(3)59(53)65)64(56)57-38-51(44-19-12-8-13-20-44)54(61(4,5)6)37-52(57)45-21-14-9-15-22-45;/h7-34,36-38,65H,1-6H3;/q-1;. The van der Waals surface area contributed by atoms with Gasteiger partial charge in [-0.15, -0.1) is 23.8 Å². The number of phenolic OH excluding ortho intramolecular Hbond substituents is 1. The number of hydrogen-bond acceptors (Lipinski definition) is 3. The van der Waals surface area contributed by atoms with E-state index in [4.69, 9.17) is 9.97 Å². The fraction of sp³-hybridized carbons (Fsp3) is 0.115. The number of phenols is 1. The number of para-hydroxylation sites is 1. The van der Waals surface area contributed by atoms with Crippen molar-refractivity contribution in [2.75, 3.05) is 0 Å². The largest absolute Gasteiger partial charge is 0.507 e. The molecule has 0 radical (unpaired) electrons. The van der Waals surface area contributed by atoms with Crippen LogP contribution in [0.5, 0.6) is 5.75 Å². The van der Waals surface area contributed by atoms with Crippen LogP contribution in [0.3, 0.4) is 0 Å². The second-order valence-electron chi connectivity index (χ2n) is 18.2. The van der Waals surface area contributed by atoms with E-state index in [0.717, 1.165) is 94.7 Å². The molecule has 10 aromatic rings. The fourth-order valence-corrected chi connectivity index (χ4v) is 9.12. The number of nitrogens with zero attached hydrogens (tertiary/aromatic N) is 3. The van der Waals surface area contributed by atoms with Gasteiger partial charge in [-0.05, 0) is 107 Å². The van der Waals surface area contributed by atoms with Crippen molar-refractivity contribution in [3.8, 4) is 89.7 Å². The van der Waals surface area contributed by atoms with Gasteiger partial charge in [0.05, 0.1) is 22.3 Å². The van der Waals surface area contributed by atoms with E-state index in [2.05, 4.69) is 215 Å². The van der Waals surface area contributed by atoms with Gasteiger partial charge in [-0.3, -0.25) is 9.55 Å². The van der Waals surface area contributed by atoms with Gasteiger partial charge in [-0.2, -0.15) is 0 Å². The van der Waals surface area contributed by atoms with Crippen LogP contribution in [0.2, 0.25) is 0 Å². The van der Waals surface area contributed by atoms with E-state index in [1.807, 2.05) is 25.3 Å². The summed E-state index contributed by atoms with van der Waals surface area (Å²) in [5.41, 5.74) is 19.9. The number of rotatable bonds is 8. The van der Waals surface area contributed by atoms with Crippen LogP contribution in [0.15, 0.2) is 188 Å². The molecule has 0 saturated carbocycles. The average Bonchev–Trinajstić information content (AvgIpc) is 3.72. The van der Waals surface area contributed by atoms with Gasteiger partial charge in [0.15, 0.2) is 0 Å². The Morgan fingerprint density at radius 1 is 0.500 bits per heavy atom. The molecule has 0 atom stereocenters. The van der Waals surface area contributed by atoms with Crippen molar-refractivity contribution in [1.29, 1.82) is 0 Å². The van der Waals surface area contributed by atoms with E-state index in [-0.39, 0.29) is 32.2 Å². The Morgan fingerprint density at radius 2 is 1.12 bits per heavy atom. The molecule has 10 rings (SSSR count). The molecule has 0 spiro atoms. The van der Waals surface area contributed by atoms with Crippen LogP contribution in [0.1, 0.15) is 43.0 Å². The molecule has 1 N–H and O–H groups in total. The molecule has 0 saturated heterocycles. The summed E-state index contributed by atoms with van der Waals surface area (Å²) in [5.74, 6) is 0.868.